The maximum Gasteiger partial charge on any atom is 0.244 e. The molecule has 0 saturated heterocycles. The minimum atomic E-state index is -0.215. The van der Waals surface area contributed by atoms with Crippen molar-refractivity contribution in [2.75, 3.05) is 12.4 Å². The van der Waals surface area contributed by atoms with Gasteiger partial charge in [0, 0.05) is 6.07 Å². The summed E-state index contributed by atoms with van der Waals surface area (Å²) in [6.07, 6.45) is 1.53. The number of H-pyrrole nitrogens is 1. The van der Waals surface area contributed by atoms with Crippen molar-refractivity contribution < 1.29 is 9.53 Å². The third kappa shape index (κ3) is 3.46. The molecule has 0 radical (unpaired) electrons. The molecule has 0 aliphatic carbocycles. The molecule has 0 fully saturated rings. The summed E-state index contributed by atoms with van der Waals surface area (Å²) in [7, 11) is 1.54. The number of hydrogen-bond donors (Lipinski definition) is 2. The molecule has 7 nitrogen and oxygen atoms in total. The van der Waals surface area contributed by atoms with Crippen molar-refractivity contribution in [3.8, 4) is 16.6 Å². The van der Waals surface area contributed by atoms with Gasteiger partial charge in [-0.15, -0.1) is 11.3 Å². The van der Waals surface area contributed by atoms with E-state index in [0.717, 1.165) is 4.88 Å². The first-order chi connectivity index (χ1) is 11.2. The molecule has 0 unspecified atom stereocenters. The van der Waals surface area contributed by atoms with Gasteiger partial charge >= 0.3 is 0 Å². The lowest BCUT2D eigenvalue weighted by Crippen LogP contribution is -2.19. The molecule has 0 atom stereocenters. The van der Waals surface area contributed by atoms with Crippen LogP contribution < -0.4 is 10.1 Å². The molecule has 3 rings (SSSR count). The van der Waals surface area contributed by atoms with E-state index in [0.29, 0.717) is 22.2 Å². The molecule has 118 valence electrons. The first-order valence-electron chi connectivity index (χ1n) is 6.66. The first kappa shape index (κ1) is 15.4. The van der Waals surface area contributed by atoms with Crippen LogP contribution in [0.2, 0.25) is 0 Å². The van der Waals surface area contributed by atoms with E-state index in [-0.39, 0.29) is 12.5 Å². The zero-order valence-electron chi connectivity index (χ0n) is 12.1. The number of methoxy groups -OCH3 is 1. The standard InChI is InChI=1S/C14H13N5O2S2/c1-21-12-5-4-9(7-15-12)16-11(20)8-19-13(17-18-14(19)22)10-3-2-6-23-10/h2-7H,8H2,1H3,(H,16,20)(H,18,22). The van der Waals surface area contributed by atoms with Crippen molar-refractivity contribution in [2.24, 2.45) is 0 Å². The number of carbonyl (C=O) groups is 1. The lowest BCUT2D eigenvalue weighted by molar-refractivity contribution is -0.116. The highest BCUT2D eigenvalue weighted by Gasteiger charge is 2.13. The van der Waals surface area contributed by atoms with E-state index in [1.807, 2.05) is 17.5 Å². The van der Waals surface area contributed by atoms with Gasteiger partial charge in [0.1, 0.15) is 6.54 Å². The Morgan fingerprint density at radius 3 is 3.00 bits per heavy atom. The van der Waals surface area contributed by atoms with Crippen LogP contribution in [0.15, 0.2) is 35.8 Å². The average molecular weight is 347 g/mol. The van der Waals surface area contributed by atoms with Crippen LogP contribution in [0.4, 0.5) is 5.69 Å². The van der Waals surface area contributed by atoms with E-state index in [1.54, 1.807) is 16.7 Å². The monoisotopic (exact) mass is 347 g/mol. The van der Waals surface area contributed by atoms with E-state index >= 15 is 0 Å². The lowest BCUT2D eigenvalue weighted by atomic mass is 10.4. The molecule has 3 heterocycles. The maximum atomic E-state index is 12.2. The second kappa shape index (κ2) is 6.71. The summed E-state index contributed by atoms with van der Waals surface area (Å²) in [6, 6.07) is 7.25. The van der Waals surface area contributed by atoms with Crippen LogP contribution in [0.3, 0.4) is 0 Å². The molecule has 0 aromatic carbocycles. The molecule has 0 aliphatic heterocycles. The Hall–Kier alpha value is -2.52. The third-order valence-corrected chi connectivity index (χ3v) is 4.21. The van der Waals surface area contributed by atoms with Gasteiger partial charge in [0.05, 0.1) is 23.9 Å². The minimum absolute atomic E-state index is 0.0641. The van der Waals surface area contributed by atoms with Gasteiger partial charge in [-0.3, -0.25) is 14.5 Å². The number of nitrogens with zero attached hydrogens (tertiary/aromatic N) is 3. The summed E-state index contributed by atoms with van der Waals surface area (Å²) in [4.78, 5) is 17.2. The fourth-order valence-electron chi connectivity index (χ4n) is 1.98. The van der Waals surface area contributed by atoms with Crippen molar-refractivity contribution in [2.45, 2.75) is 6.54 Å². The van der Waals surface area contributed by atoms with Crippen molar-refractivity contribution >= 4 is 35.1 Å². The molecule has 0 aliphatic rings. The zero-order valence-corrected chi connectivity index (χ0v) is 13.8. The average Bonchev–Trinajstić information content (AvgIpc) is 3.19. The first-order valence-corrected chi connectivity index (χ1v) is 7.95. The molecule has 0 bridgehead atoms. The number of thiophene rings is 1. The normalized spacial score (nSPS) is 10.5. The summed E-state index contributed by atoms with van der Waals surface area (Å²) in [5, 5.41) is 11.6. The maximum absolute atomic E-state index is 12.2. The Labute approximate surface area is 141 Å². The molecule has 0 spiro atoms. The summed E-state index contributed by atoms with van der Waals surface area (Å²) in [5.41, 5.74) is 0.587. The van der Waals surface area contributed by atoms with Crippen LogP contribution in [0.25, 0.3) is 10.7 Å². The topological polar surface area (TPSA) is 84.8 Å². The second-order valence-electron chi connectivity index (χ2n) is 4.55. The van der Waals surface area contributed by atoms with Crippen LogP contribution in [-0.2, 0) is 11.3 Å². The Kier molecular flexibility index (Phi) is 4.49. The largest absolute Gasteiger partial charge is 0.481 e. The van der Waals surface area contributed by atoms with Gasteiger partial charge in [-0.25, -0.2) is 4.98 Å². The van der Waals surface area contributed by atoms with Gasteiger partial charge < -0.3 is 10.1 Å². The van der Waals surface area contributed by atoms with E-state index in [2.05, 4.69) is 20.5 Å². The van der Waals surface area contributed by atoms with Gasteiger partial charge in [-0.05, 0) is 29.7 Å². The Morgan fingerprint density at radius 2 is 2.35 bits per heavy atom. The fraction of sp³-hybridized carbons (Fsp3) is 0.143. The van der Waals surface area contributed by atoms with E-state index in [1.165, 1.54) is 24.6 Å². The molecular weight excluding hydrogens is 334 g/mol. The van der Waals surface area contributed by atoms with E-state index in [9.17, 15) is 4.79 Å². The molecule has 9 heteroatoms. The number of pyridine rings is 1. The predicted molar refractivity (Wildman–Crippen MR) is 90.1 cm³/mol. The number of aromatic amines is 1. The SMILES string of the molecule is COc1ccc(NC(=O)Cn2c(-c3cccs3)n[nH]c2=S)cn1. The van der Waals surface area contributed by atoms with E-state index in [4.69, 9.17) is 17.0 Å². The van der Waals surface area contributed by atoms with Crippen LogP contribution >= 0.6 is 23.6 Å². The number of rotatable bonds is 5. The fourth-order valence-corrected chi connectivity index (χ4v) is 2.90. The van der Waals surface area contributed by atoms with Gasteiger partial charge in [-0.2, -0.15) is 5.10 Å². The number of anilines is 1. The van der Waals surface area contributed by atoms with Gasteiger partial charge in [-0.1, -0.05) is 6.07 Å². The van der Waals surface area contributed by atoms with Crippen LogP contribution in [0.1, 0.15) is 0 Å². The zero-order chi connectivity index (χ0) is 16.2. The quantitative estimate of drug-likeness (QED) is 0.693. The Morgan fingerprint density at radius 1 is 1.48 bits per heavy atom. The van der Waals surface area contributed by atoms with Gasteiger partial charge in [0.2, 0.25) is 11.8 Å². The second-order valence-corrected chi connectivity index (χ2v) is 5.89. The Balaban J connectivity index is 1.75. The number of amides is 1. The third-order valence-electron chi connectivity index (χ3n) is 3.03. The van der Waals surface area contributed by atoms with Crippen molar-refractivity contribution in [3.05, 3.63) is 40.6 Å². The predicted octanol–water partition coefficient (Wildman–Crippen LogP) is 2.71. The van der Waals surface area contributed by atoms with Crippen molar-refractivity contribution in [1.82, 2.24) is 19.7 Å². The highest BCUT2D eigenvalue weighted by atomic mass is 32.1. The Bertz CT molecular complexity index is 852. The highest BCUT2D eigenvalue weighted by molar-refractivity contribution is 7.71. The summed E-state index contributed by atoms with van der Waals surface area (Å²) >= 11 is 6.74. The molecule has 23 heavy (non-hydrogen) atoms. The molecule has 3 aromatic heterocycles. The molecule has 1 amide bonds. The number of aromatic nitrogens is 4. The number of nitrogens with one attached hydrogen (secondary N) is 2. The van der Waals surface area contributed by atoms with Gasteiger partial charge in [0.25, 0.3) is 0 Å². The van der Waals surface area contributed by atoms with Crippen LogP contribution in [0, 0.1) is 4.77 Å². The summed E-state index contributed by atoms with van der Waals surface area (Å²) in [5.74, 6) is 0.917. The van der Waals surface area contributed by atoms with Crippen molar-refractivity contribution in [3.63, 3.8) is 0 Å². The molecule has 0 saturated carbocycles. The summed E-state index contributed by atoms with van der Waals surface area (Å²) < 4.78 is 7.04. The smallest absolute Gasteiger partial charge is 0.244 e. The van der Waals surface area contributed by atoms with E-state index < -0.39 is 0 Å². The lowest BCUT2D eigenvalue weighted by Gasteiger charge is -2.07. The van der Waals surface area contributed by atoms with Crippen molar-refractivity contribution in [1.29, 1.82) is 0 Å². The number of carbonyl (C=O) groups excluding carboxylic acids is 1. The van der Waals surface area contributed by atoms with Crippen LogP contribution in [-0.4, -0.2) is 32.8 Å². The molecule has 2 N–H and O–H groups in total. The molecule has 3 aromatic rings. The number of hydrogen-bond acceptors (Lipinski definition) is 6. The van der Waals surface area contributed by atoms with Crippen LogP contribution in [0.5, 0.6) is 5.88 Å². The highest BCUT2D eigenvalue weighted by Crippen LogP contribution is 2.22. The molecular formula is C14H13N5O2S2. The van der Waals surface area contributed by atoms with Gasteiger partial charge in [0.15, 0.2) is 10.6 Å². The number of ether oxygens (including phenoxy) is 1. The summed E-state index contributed by atoms with van der Waals surface area (Å²) in [6.45, 7) is 0.0641. The minimum Gasteiger partial charge on any atom is -0.481 e.